The molecule has 6 nitrogen and oxygen atoms in total. The minimum Gasteiger partial charge on any atom is -0.478 e. The maximum Gasteiger partial charge on any atom is 0.337 e. The maximum atomic E-state index is 12.6. The molecule has 1 saturated heterocycles. The zero-order valence-electron chi connectivity index (χ0n) is 13.9. The van der Waals surface area contributed by atoms with Gasteiger partial charge in [-0.25, -0.2) is 4.79 Å². The number of nitrogens with zero attached hydrogens (tertiary/aromatic N) is 1. The Balaban J connectivity index is 1.71. The van der Waals surface area contributed by atoms with Crippen molar-refractivity contribution < 1.29 is 19.5 Å². The summed E-state index contributed by atoms with van der Waals surface area (Å²) in [5.74, 6) is -2.03. The Morgan fingerprint density at radius 3 is 2.48 bits per heavy atom. The van der Waals surface area contributed by atoms with Crippen molar-refractivity contribution in [1.82, 2.24) is 4.90 Å². The molecule has 2 amide bonds. The van der Waals surface area contributed by atoms with E-state index in [0.29, 0.717) is 4.91 Å². The normalized spacial score (nSPS) is 15.3. The predicted molar refractivity (Wildman–Crippen MR) is 108 cm³/mol. The molecule has 1 aliphatic rings. The second-order valence-electron chi connectivity index (χ2n) is 5.58. The van der Waals surface area contributed by atoms with E-state index in [0.717, 1.165) is 17.3 Å². The van der Waals surface area contributed by atoms with Crippen LogP contribution in [-0.2, 0) is 9.59 Å². The summed E-state index contributed by atoms with van der Waals surface area (Å²) in [7, 11) is 0. The minimum absolute atomic E-state index is 0.0276. The second kappa shape index (κ2) is 8.15. The number of carboxylic acids is 1. The smallest absolute Gasteiger partial charge is 0.337 e. The van der Waals surface area contributed by atoms with Gasteiger partial charge in [0.15, 0.2) is 0 Å². The molecule has 0 aromatic heterocycles. The SMILES string of the molecule is O=C(CN1C(=O)/C(=C/c2ccccc2)SC1=S)Nc1ccccc1C(=O)O. The van der Waals surface area contributed by atoms with Gasteiger partial charge >= 0.3 is 5.97 Å². The third kappa shape index (κ3) is 4.42. The molecule has 0 atom stereocenters. The summed E-state index contributed by atoms with van der Waals surface area (Å²) >= 11 is 6.34. The molecule has 3 rings (SSSR count). The number of hydrogen-bond acceptors (Lipinski definition) is 5. The molecule has 2 aromatic carbocycles. The number of aromatic carboxylic acids is 1. The number of benzene rings is 2. The van der Waals surface area contributed by atoms with Crippen LogP contribution < -0.4 is 5.32 Å². The molecule has 0 radical (unpaired) electrons. The predicted octanol–water partition coefficient (Wildman–Crippen LogP) is 3.22. The van der Waals surface area contributed by atoms with Crippen LogP contribution in [-0.4, -0.2) is 38.7 Å². The van der Waals surface area contributed by atoms with E-state index in [1.165, 1.54) is 17.0 Å². The van der Waals surface area contributed by atoms with Gasteiger partial charge in [-0.3, -0.25) is 14.5 Å². The number of carbonyl (C=O) groups is 3. The summed E-state index contributed by atoms with van der Waals surface area (Å²) in [6.45, 7) is -0.287. The molecular weight excluding hydrogens is 384 g/mol. The highest BCUT2D eigenvalue weighted by molar-refractivity contribution is 8.26. The number of carboxylic acid groups (broad SMARTS) is 1. The quantitative estimate of drug-likeness (QED) is 0.594. The van der Waals surface area contributed by atoms with E-state index >= 15 is 0 Å². The molecule has 0 spiro atoms. The lowest BCUT2D eigenvalue weighted by atomic mass is 10.2. The first-order valence-electron chi connectivity index (χ1n) is 7.88. The van der Waals surface area contributed by atoms with E-state index in [1.54, 1.807) is 18.2 Å². The Kier molecular flexibility index (Phi) is 5.68. The highest BCUT2D eigenvalue weighted by Crippen LogP contribution is 2.32. The number of rotatable bonds is 5. The van der Waals surface area contributed by atoms with Crippen molar-refractivity contribution in [3.63, 3.8) is 0 Å². The third-order valence-electron chi connectivity index (χ3n) is 3.70. The molecule has 8 heteroatoms. The second-order valence-corrected chi connectivity index (χ2v) is 7.25. The van der Waals surface area contributed by atoms with Gasteiger partial charge in [0.2, 0.25) is 5.91 Å². The fraction of sp³-hybridized carbons (Fsp3) is 0.0526. The van der Waals surface area contributed by atoms with Crippen LogP contribution in [0.2, 0.25) is 0 Å². The molecule has 0 saturated carbocycles. The third-order valence-corrected chi connectivity index (χ3v) is 5.08. The van der Waals surface area contributed by atoms with E-state index in [4.69, 9.17) is 12.2 Å². The molecule has 1 fully saturated rings. The van der Waals surface area contributed by atoms with Crippen LogP contribution in [0.5, 0.6) is 0 Å². The average molecular weight is 398 g/mol. The van der Waals surface area contributed by atoms with Crippen molar-refractivity contribution in [3.8, 4) is 0 Å². The molecule has 0 aliphatic carbocycles. The number of nitrogens with one attached hydrogen (secondary N) is 1. The highest BCUT2D eigenvalue weighted by atomic mass is 32.2. The lowest BCUT2D eigenvalue weighted by molar-refractivity contribution is -0.126. The zero-order chi connectivity index (χ0) is 19.4. The van der Waals surface area contributed by atoms with Crippen LogP contribution in [0.1, 0.15) is 15.9 Å². The molecular formula is C19H14N2O4S2. The van der Waals surface area contributed by atoms with Crippen LogP contribution in [0.15, 0.2) is 59.5 Å². The lowest BCUT2D eigenvalue weighted by Crippen LogP contribution is -2.36. The Bertz CT molecular complexity index is 957. The molecule has 136 valence electrons. The van der Waals surface area contributed by atoms with Crippen molar-refractivity contribution in [1.29, 1.82) is 0 Å². The van der Waals surface area contributed by atoms with Gasteiger partial charge < -0.3 is 10.4 Å². The number of thiocarbonyl (C=S) groups is 1. The zero-order valence-corrected chi connectivity index (χ0v) is 15.5. The number of hydrogen-bond donors (Lipinski definition) is 2. The lowest BCUT2D eigenvalue weighted by Gasteiger charge is -2.15. The van der Waals surface area contributed by atoms with Crippen molar-refractivity contribution in [3.05, 3.63) is 70.6 Å². The van der Waals surface area contributed by atoms with Crippen molar-refractivity contribution in [2.75, 3.05) is 11.9 Å². The van der Waals surface area contributed by atoms with E-state index in [1.807, 2.05) is 30.3 Å². The highest BCUT2D eigenvalue weighted by Gasteiger charge is 2.33. The number of para-hydroxylation sites is 1. The van der Waals surface area contributed by atoms with Gasteiger partial charge in [-0.05, 0) is 23.8 Å². The fourth-order valence-corrected chi connectivity index (χ4v) is 3.70. The fourth-order valence-electron chi connectivity index (χ4n) is 2.45. The van der Waals surface area contributed by atoms with Crippen LogP contribution in [0.3, 0.4) is 0 Å². The molecule has 2 N–H and O–H groups in total. The van der Waals surface area contributed by atoms with Gasteiger partial charge in [0, 0.05) is 0 Å². The number of carbonyl (C=O) groups excluding carboxylic acids is 2. The summed E-state index contributed by atoms with van der Waals surface area (Å²) < 4.78 is 0.281. The molecule has 1 heterocycles. The standard InChI is InChI=1S/C19H14N2O4S2/c22-16(20-14-9-5-4-8-13(14)18(24)25)11-21-17(23)15(27-19(21)26)10-12-6-2-1-3-7-12/h1-10H,11H2,(H,20,22)(H,24,25)/b15-10-. The first kappa shape index (κ1) is 18.8. The largest absolute Gasteiger partial charge is 0.478 e. The minimum atomic E-state index is -1.15. The number of amides is 2. The summed E-state index contributed by atoms with van der Waals surface area (Å²) in [6.07, 6.45) is 1.72. The topological polar surface area (TPSA) is 86.7 Å². The molecule has 27 heavy (non-hydrogen) atoms. The average Bonchev–Trinajstić information content (AvgIpc) is 2.90. The van der Waals surface area contributed by atoms with Crippen LogP contribution >= 0.6 is 24.0 Å². The van der Waals surface area contributed by atoms with E-state index in [2.05, 4.69) is 5.32 Å². The monoisotopic (exact) mass is 398 g/mol. The maximum absolute atomic E-state index is 12.6. The van der Waals surface area contributed by atoms with Crippen molar-refractivity contribution in [2.45, 2.75) is 0 Å². The van der Waals surface area contributed by atoms with Crippen molar-refractivity contribution in [2.24, 2.45) is 0 Å². The number of anilines is 1. The summed E-state index contributed by atoms with van der Waals surface area (Å²) in [5, 5.41) is 11.7. The molecule has 2 aromatic rings. The van der Waals surface area contributed by atoms with Crippen molar-refractivity contribution >= 4 is 57.8 Å². The van der Waals surface area contributed by atoms with E-state index in [-0.39, 0.29) is 28.0 Å². The Morgan fingerprint density at radius 2 is 1.78 bits per heavy atom. The van der Waals surface area contributed by atoms with E-state index < -0.39 is 11.9 Å². The van der Waals surface area contributed by atoms with Gasteiger partial charge in [0.1, 0.15) is 10.9 Å². The van der Waals surface area contributed by atoms with Crippen LogP contribution in [0.4, 0.5) is 5.69 Å². The Hall–Kier alpha value is -2.97. The van der Waals surface area contributed by atoms with Gasteiger partial charge in [0.05, 0.1) is 16.2 Å². The first-order valence-corrected chi connectivity index (χ1v) is 9.11. The number of thioether (sulfide) groups is 1. The Morgan fingerprint density at radius 1 is 1.11 bits per heavy atom. The summed E-state index contributed by atoms with van der Waals surface area (Å²) in [4.78, 5) is 37.7. The summed E-state index contributed by atoms with van der Waals surface area (Å²) in [6, 6.07) is 15.4. The van der Waals surface area contributed by atoms with Gasteiger partial charge in [-0.2, -0.15) is 0 Å². The first-order chi connectivity index (χ1) is 13.0. The van der Waals surface area contributed by atoms with Gasteiger partial charge in [-0.1, -0.05) is 66.4 Å². The van der Waals surface area contributed by atoms with Crippen LogP contribution in [0.25, 0.3) is 6.08 Å². The Labute approximate surface area is 164 Å². The molecule has 1 aliphatic heterocycles. The molecule has 0 bridgehead atoms. The van der Waals surface area contributed by atoms with Gasteiger partial charge in [-0.15, -0.1) is 0 Å². The van der Waals surface area contributed by atoms with Crippen LogP contribution in [0, 0.1) is 0 Å². The van der Waals surface area contributed by atoms with Gasteiger partial charge in [0.25, 0.3) is 5.91 Å². The summed E-state index contributed by atoms with van der Waals surface area (Å²) in [5.41, 5.74) is 0.998. The van der Waals surface area contributed by atoms with E-state index in [9.17, 15) is 19.5 Å². The molecule has 0 unspecified atom stereocenters.